The zero-order chi connectivity index (χ0) is 30.1. The van der Waals surface area contributed by atoms with E-state index < -0.39 is 18.0 Å². The monoisotopic (exact) mass is 579 g/mol. The second kappa shape index (κ2) is 14.3. The molecule has 1 saturated heterocycles. The summed E-state index contributed by atoms with van der Waals surface area (Å²) >= 11 is 0. The molecule has 0 aliphatic carbocycles. The average molecular weight is 580 g/mol. The molecule has 0 saturated carbocycles. The third kappa shape index (κ3) is 7.56. The number of nitrogens with one attached hydrogen (secondary N) is 3. The molecule has 3 heterocycles. The molecule has 0 spiro atoms. The molecule has 0 unspecified atom stereocenters. The number of fused-ring (bicyclic) bond motifs is 16. The summed E-state index contributed by atoms with van der Waals surface area (Å²) in [4.78, 5) is 68.1. The Labute approximate surface area is 244 Å². The molecule has 2 atom stereocenters. The lowest BCUT2D eigenvalue weighted by Crippen LogP contribution is -2.52. The van der Waals surface area contributed by atoms with Crippen LogP contribution in [0.15, 0.2) is 48.5 Å². The predicted molar refractivity (Wildman–Crippen MR) is 153 cm³/mol. The van der Waals surface area contributed by atoms with Crippen molar-refractivity contribution in [2.45, 2.75) is 38.3 Å². The number of hydrogen-bond acceptors (Lipinski definition) is 7. The lowest BCUT2D eigenvalue weighted by Gasteiger charge is -2.27. The Morgan fingerprint density at radius 3 is 2.52 bits per heavy atom. The highest BCUT2D eigenvalue weighted by Gasteiger charge is 2.36. The van der Waals surface area contributed by atoms with Crippen LogP contribution in [0.5, 0.6) is 11.5 Å². The van der Waals surface area contributed by atoms with E-state index in [1.54, 1.807) is 49.4 Å². The molecular formula is C30H37N5O7. The maximum absolute atomic E-state index is 13.2. The van der Waals surface area contributed by atoms with E-state index in [2.05, 4.69) is 16.0 Å². The summed E-state index contributed by atoms with van der Waals surface area (Å²) in [6, 6.07) is 11.8. The van der Waals surface area contributed by atoms with Crippen LogP contribution in [0.4, 0.5) is 0 Å². The van der Waals surface area contributed by atoms with Crippen molar-refractivity contribution in [2.24, 2.45) is 0 Å². The number of rotatable bonds is 2. The number of carbonyl (C=O) groups excluding carboxylic acids is 5. The van der Waals surface area contributed by atoms with E-state index in [1.165, 1.54) is 23.0 Å². The molecule has 2 aromatic carbocycles. The number of benzene rings is 2. The maximum Gasteiger partial charge on any atom is 0.254 e. The first kappa shape index (κ1) is 30.4. The van der Waals surface area contributed by atoms with Gasteiger partial charge in [0.2, 0.25) is 17.7 Å². The third-order valence-corrected chi connectivity index (χ3v) is 7.21. The Morgan fingerprint density at radius 1 is 0.976 bits per heavy atom. The van der Waals surface area contributed by atoms with Gasteiger partial charge in [0.05, 0.1) is 20.2 Å². The molecule has 2 bridgehead atoms. The van der Waals surface area contributed by atoms with Gasteiger partial charge in [-0.1, -0.05) is 18.2 Å². The summed E-state index contributed by atoms with van der Waals surface area (Å²) in [5, 5.41) is 8.34. The van der Waals surface area contributed by atoms with E-state index >= 15 is 0 Å². The van der Waals surface area contributed by atoms with Gasteiger partial charge in [0, 0.05) is 30.8 Å². The quantitative estimate of drug-likeness (QED) is 0.449. The van der Waals surface area contributed by atoms with Gasteiger partial charge in [0.15, 0.2) is 11.5 Å². The van der Waals surface area contributed by atoms with Crippen molar-refractivity contribution in [1.29, 1.82) is 0 Å². The second-order valence-corrected chi connectivity index (χ2v) is 10.2. The van der Waals surface area contributed by atoms with Crippen molar-refractivity contribution >= 4 is 29.5 Å². The van der Waals surface area contributed by atoms with Crippen LogP contribution in [0.1, 0.15) is 46.9 Å². The zero-order valence-corrected chi connectivity index (χ0v) is 23.9. The van der Waals surface area contributed by atoms with Crippen LogP contribution in [-0.4, -0.2) is 97.9 Å². The summed E-state index contributed by atoms with van der Waals surface area (Å²) in [6.07, 6.45) is 1.58. The van der Waals surface area contributed by atoms with E-state index in [-0.39, 0.29) is 62.0 Å². The lowest BCUT2D eigenvalue weighted by atomic mass is 10.1. The molecule has 42 heavy (non-hydrogen) atoms. The SMILES string of the molecule is COc1cc2ccc1OCCNC(=O)CN(C(=O)c1ccccc1)CCCNC(=O)[C@H]1CCCN1C(=O)[C@H](C)NC2=O. The van der Waals surface area contributed by atoms with Crippen molar-refractivity contribution in [3.63, 3.8) is 0 Å². The van der Waals surface area contributed by atoms with E-state index in [9.17, 15) is 24.0 Å². The first-order valence-corrected chi connectivity index (χ1v) is 14.1. The van der Waals surface area contributed by atoms with Crippen molar-refractivity contribution in [2.75, 3.05) is 46.4 Å². The summed E-state index contributed by atoms with van der Waals surface area (Å²) in [5.74, 6) is -1.07. The van der Waals surface area contributed by atoms with E-state index in [0.717, 1.165) is 0 Å². The number of hydrogen-bond donors (Lipinski definition) is 3. The topological polar surface area (TPSA) is 146 Å². The molecule has 5 amide bonds. The van der Waals surface area contributed by atoms with Crippen LogP contribution in [0.3, 0.4) is 0 Å². The molecule has 0 aromatic heterocycles. The molecule has 1 fully saturated rings. The van der Waals surface area contributed by atoms with Gasteiger partial charge in [-0.15, -0.1) is 0 Å². The van der Waals surface area contributed by atoms with Crippen LogP contribution < -0.4 is 25.4 Å². The summed E-state index contributed by atoms with van der Waals surface area (Å²) < 4.78 is 11.1. The molecule has 12 heteroatoms. The van der Waals surface area contributed by atoms with Crippen LogP contribution >= 0.6 is 0 Å². The van der Waals surface area contributed by atoms with Crippen molar-refractivity contribution in [3.05, 3.63) is 59.7 Å². The van der Waals surface area contributed by atoms with Gasteiger partial charge in [0.25, 0.3) is 11.8 Å². The second-order valence-electron chi connectivity index (χ2n) is 10.2. The predicted octanol–water partition coefficient (Wildman–Crippen LogP) is 0.962. The minimum atomic E-state index is -0.855. The van der Waals surface area contributed by atoms with Crippen LogP contribution in [0, 0.1) is 0 Å². The van der Waals surface area contributed by atoms with Crippen molar-refractivity contribution in [3.8, 4) is 11.5 Å². The summed E-state index contributed by atoms with van der Waals surface area (Å²) in [6.45, 7) is 2.61. The van der Waals surface area contributed by atoms with Crippen LogP contribution in [0.2, 0.25) is 0 Å². The normalized spacial score (nSPS) is 21.2. The van der Waals surface area contributed by atoms with Crippen molar-refractivity contribution in [1.82, 2.24) is 25.8 Å². The number of amides is 5. The molecule has 0 radical (unpaired) electrons. The zero-order valence-electron chi connectivity index (χ0n) is 23.9. The molecule has 3 aliphatic heterocycles. The Hall–Kier alpha value is -4.61. The Balaban J connectivity index is 1.53. The number of methoxy groups -OCH3 is 1. The minimum Gasteiger partial charge on any atom is -0.493 e. The van der Waals surface area contributed by atoms with Gasteiger partial charge < -0.3 is 35.2 Å². The Bertz CT molecular complexity index is 1300. The van der Waals surface area contributed by atoms with E-state index in [1.807, 2.05) is 0 Å². The molecule has 5 rings (SSSR count). The standard InChI is InChI=1S/C30H37N5O7/c1-20-29(39)35-16-6-10-23(35)28(38)32-13-7-15-34(30(40)21-8-4-3-5-9-21)19-26(36)31-14-17-42-24-12-11-22(27(37)33-20)18-25(24)41-2/h3-5,8-9,11-12,18,20,23H,6-7,10,13-17,19H2,1-2H3,(H,31,36)(H,32,38)(H,33,37)/t20-,23+/m0/s1. The van der Waals surface area contributed by atoms with Gasteiger partial charge in [-0.2, -0.15) is 0 Å². The number of ether oxygens (including phenoxy) is 2. The van der Waals surface area contributed by atoms with Crippen molar-refractivity contribution < 1.29 is 33.4 Å². The summed E-state index contributed by atoms with van der Waals surface area (Å²) in [5.41, 5.74) is 0.726. The first-order valence-electron chi connectivity index (χ1n) is 14.1. The number of nitrogens with zero attached hydrogens (tertiary/aromatic N) is 2. The third-order valence-electron chi connectivity index (χ3n) is 7.21. The van der Waals surface area contributed by atoms with Gasteiger partial charge in [-0.05, 0) is 56.5 Å². The highest BCUT2D eigenvalue weighted by molar-refractivity contribution is 5.99. The van der Waals surface area contributed by atoms with Crippen LogP contribution in [-0.2, 0) is 14.4 Å². The van der Waals surface area contributed by atoms with Crippen LogP contribution in [0.25, 0.3) is 0 Å². The largest absolute Gasteiger partial charge is 0.493 e. The van der Waals surface area contributed by atoms with Gasteiger partial charge in [0.1, 0.15) is 18.7 Å². The molecule has 224 valence electrons. The fourth-order valence-corrected chi connectivity index (χ4v) is 5.02. The number of carbonyl (C=O) groups is 5. The molecule has 12 nitrogen and oxygen atoms in total. The molecule has 2 aromatic rings. The Morgan fingerprint density at radius 2 is 1.76 bits per heavy atom. The average Bonchev–Trinajstić information content (AvgIpc) is 3.50. The highest BCUT2D eigenvalue weighted by atomic mass is 16.5. The van der Waals surface area contributed by atoms with Gasteiger partial charge in [-0.3, -0.25) is 24.0 Å². The van der Waals surface area contributed by atoms with E-state index in [4.69, 9.17) is 9.47 Å². The fourth-order valence-electron chi connectivity index (χ4n) is 5.02. The first-order chi connectivity index (χ1) is 20.3. The summed E-state index contributed by atoms with van der Waals surface area (Å²) in [7, 11) is 1.44. The van der Waals surface area contributed by atoms with Gasteiger partial charge >= 0.3 is 0 Å². The highest BCUT2D eigenvalue weighted by Crippen LogP contribution is 2.28. The van der Waals surface area contributed by atoms with Gasteiger partial charge in [-0.25, -0.2) is 0 Å². The maximum atomic E-state index is 13.2. The minimum absolute atomic E-state index is 0.120. The molecule has 3 N–H and O–H groups in total. The molecule has 3 aliphatic rings. The fraction of sp³-hybridized carbons (Fsp3) is 0.433. The molecular weight excluding hydrogens is 542 g/mol. The lowest BCUT2D eigenvalue weighted by molar-refractivity contribution is -0.139. The van der Waals surface area contributed by atoms with E-state index in [0.29, 0.717) is 42.9 Å². The Kier molecular flexibility index (Phi) is 10.4. The smallest absolute Gasteiger partial charge is 0.254 e.